The van der Waals surface area contributed by atoms with Gasteiger partial charge in [0.15, 0.2) is 0 Å². The van der Waals surface area contributed by atoms with E-state index in [2.05, 4.69) is 20.2 Å². The molecule has 4 rings (SSSR count). The van der Waals surface area contributed by atoms with Crippen LogP contribution in [0.3, 0.4) is 0 Å². The second-order valence-corrected chi connectivity index (χ2v) is 6.90. The van der Waals surface area contributed by atoms with Gasteiger partial charge in [0, 0.05) is 30.8 Å². The number of phenolic OH excluding ortho intramolecular Hbond substituents is 1. The number of hydrogen-bond acceptors (Lipinski definition) is 5. The number of nitrogens with zero attached hydrogens (tertiary/aromatic N) is 2. The summed E-state index contributed by atoms with van der Waals surface area (Å²) in [5.74, 6) is 0.758. The average Bonchev–Trinajstić information content (AvgIpc) is 3.18. The fraction of sp³-hybridized carbons (Fsp3) is 0.333. The number of aromatic amines is 1. The lowest BCUT2D eigenvalue weighted by Crippen LogP contribution is -2.38. The Hall–Kier alpha value is -2.90. The first-order chi connectivity index (χ1) is 13.7. The third-order valence-electron chi connectivity index (χ3n) is 4.96. The zero-order chi connectivity index (χ0) is 19.3. The second kappa shape index (κ2) is 8.41. The quantitative estimate of drug-likeness (QED) is 0.571. The van der Waals surface area contributed by atoms with Gasteiger partial charge in [-0.15, -0.1) is 0 Å². The van der Waals surface area contributed by atoms with E-state index in [1.165, 1.54) is 0 Å². The van der Waals surface area contributed by atoms with Crippen molar-refractivity contribution in [2.75, 3.05) is 39.4 Å². The van der Waals surface area contributed by atoms with Crippen LogP contribution in [0.2, 0.25) is 0 Å². The molecule has 0 atom stereocenters. The maximum absolute atomic E-state index is 12.3. The van der Waals surface area contributed by atoms with E-state index < -0.39 is 0 Å². The molecule has 0 aliphatic carbocycles. The molecule has 0 unspecified atom stereocenters. The van der Waals surface area contributed by atoms with Crippen molar-refractivity contribution in [1.82, 2.24) is 20.2 Å². The Bertz CT molecular complexity index is 946. The minimum Gasteiger partial charge on any atom is -0.506 e. The summed E-state index contributed by atoms with van der Waals surface area (Å²) in [6, 6.07) is 12.5. The fourth-order valence-electron chi connectivity index (χ4n) is 3.36. The molecule has 1 aromatic heterocycles. The summed E-state index contributed by atoms with van der Waals surface area (Å²) in [7, 11) is 0. The van der Waals surface area contributed by atoms with E-state index in [-0.39, 0.29) is 11.7 Å². The SMILES string of the molecule is O=C(NCCCN1CCOCC1)c1ccc(-c2nc3cccc(O)c3[nH]2)cc1. The first kappa shape index (κ1) is 18.5. The third kappa shape index (κ3) is 4.16. The highest BCUT2D eigenvalue weighted by molar-refractivity contribution is 5.94. The monoisotopic (exact) mass is 380 g/mol. The first-order valence-corrected chi connectivity index (χ1v) is 9.57. The smallest absolute Gasteiger partial charge is 0.251 e. The maximum Gasteiger partial charge on any atom is 0.251 e. The number of carbonyl (C=O) groups excluding carboxylic acids is 1. The summed E-state index contributed by atoms with van der Waals surface area (Å²) in [5.41, 5.74) is 2.80. The highest BCUT2D eigenvalue weighted by Gasteiger charge is 2.11. The molecule has 1 amide bonds. The molecule has 7 nitrogen and oxygen atoms in total. The third-order valence-corrected chi connectivity index (χ3v) is 4.96. The normalized spacial score (nSPS) is 15.0. The topological polar surface area (TPSA) is 90.5 Å². The minimum absolute atomic E-state index is 0.0734. The summed E-state index contributed by atoms with van der Waals surface area (Å²) in [4.78, 5) is 22.3. The molecule has 3 aromatic rings. The van der Waals surface area contributed by atoms with Crippen LogP contribution in [-0.4, -0.2) is 65.3 Å². The van der Waals surface area contributed by atoms with E-state index in [1.54, 1.807) is 24.3 Å². The molecule has 0 radical (unpaired) electrons. The maximum atomic E-state index is 12.3. The molecular weight excluding hydrogens is 356 g/mol. The van der Waals surface area contributed by atoms with E-state index in [0.29, 0.717) is 29.0 Å². The fourth-order valence-corrected chi connectivity index (χ4v) is 3.36. The number of rotatable bonds is 6. The van der Waals surface area contributed by atoms with Gasteiger partial charge in [-0.1, -0.05) is 18.2 Å². The van der Waals surface area contributed by atoms with Crippen LogP contribution >= 0.6 is 0 Å². The number of phenols is 1. The second-order valence-electron chi connectivity index (χ2n) is 6.90. The molecule has 146 valence electrons. The molecule has 1 fully saturated rings. The van der Waals surface area contributed by atoms with Crippen LogP contribution in [0.1, 0.15) is 16.8 Å². The van der Waals surface area contributed by atoms with Gasteiger partial charge in [-0.2, -0.15) is 0 Å². The Morgan fingerprint density at radius 2 is 1.96 bits per heavy atom. The summed E-state index contributed by atoms with van der Waals surface area (Å²) < 4.78 is 5.34. The molecule has 7 heteroatoms. The van der Waals surface area contributed by atoms with Gasteiger partial charge in [0.2, 0.25) is 0 Å². The number of benzene rings is 2. The number of morpholine rings is 1. The Morgan fingerprint density at radius 3 is 2.71 bits per heavy atom. The van der Waals surface area contributed by atoms with Gasteiger partial charge >= 0.3 is 0 Å². The average molecular weight is 380 g/mol. The lowest BCUT2D eigenvalue weighted by molar-refractivity contribution is 0.0374. The van der Waals surface area contributed by atoms with Crippen molar-refractivity contribution in [3.05, 3.63) is 48.0 Å². The zero-order valence-electron chi connectivity index (χ0n) is 15.6. The molecule has 0 bridgehead atoms. The predicted molar refractivity (Wildman–Crippen MR) is 107 cm³/mol. The summed E-state index contributed by atoms with van der Waals surface area (Å²) >= 11 is 0. The molecule has 0 spiro atoms. The Morgan fingerprint density at radius 1 is 1.18 bits per heavy atom. The van der Waals surface area contributed by atoms with Crippen molar-refractivity contribution < 1.29 is 14.6 Å². The zero-order valence-corrected chi connectivity index (χ0v) is 15.6. The summed E-state index contributed by atoms with van der Waals surface area (Å²) in [6.07, 6.45) is 0.923. The van der Waals surface area contributed by atoms with Crippen LogP contribution in [0.4, 0.5) is 0 Å². The molecule has 1 aliphatic heterocycles. The Balaban J connectivity index is 1.33. The van der Waals surface area contributed by atoms with Gasteiger partial charge in [-0.05, 0) is 37.2 Å². The van der Waals surface area contributed by atoms with Crippen LogP contribution in [0, 0.1) is 0 Å². The van der Waals surface area contributed by atoms with E-state index in [1.807, 2.05) is 18.2 Å². The van der Waals surface area contributed by atoms with Crippen molar-refractivity contribution in [1.29, 1.82) is 0 Å². The van der Waals surface area contributed by atoms with E-state index in [0.717, 1.165) is 44.8 Å². The van der Waals surface area contributed by atoms with Gasteiger partial charge < -0.3 is 20.1 Å². The summed E-state index contributed by atoms with van der Waals surface area (Å²) in [6.45, 7) is 5.15. The largest absolute Gasteiger partial charge is 0.506 e. The van der Waals surface area contributed by atoms with Crippen LogP contribution in [0.5, 0.6) is 5.75 Å². The number of aromatic nitrogens is 2. The first-order valence-electron chi connectivity index (χ1n) is 9.57. The number of hydrogen-bond donors (Lipinski definition) is 3. The van der Waals surface area contributed by atoms with E-state index in [4.69, 9.17) is 4.74 Å². The van der Waals surface area contributed by atoms with E-state index >= 15 is 0 Å². The molecule has 1 aliphatic rings. The number of H-pyrrole nitrogens is 1. The predicted octanol–water partition coefficient (Wildman–Crippen LogP) is 2.39. The lowest BCUT2D eigenvalue weighted by Gasteiger charge is -2.26. The standard InChI is InChI=1S/C21H24N4O3/c26-18-4-1-3-17-19(18)24-20(23-17)15-5-7-16(8-6-15)21(27)22-9-2-10-25-11-13-28-14-12-25/h1,3-8,26H,2,9-14H2,(H,22,27)(H,23,24). The number of para-hydroxylation sites is 1. The van der Waals surface area contributed by atoms with Crippen molar-refractivity contribution in [2.45, 2.75) is 6.42 Å². The van der Waals surface area contributed by atoms with Crippen molar-refractivity contribution in [3.63, 3.8) is 0 Å². The van der Waals surface area contributed by atoms with Crippen LogP contribution in [0.15, 0.2) is 42.5 Å². The molecule has 2 aromatic carbocycles. The minimum atomic E-state index is -0.0734. The molecule has 28 heavy (non-hydrogen) atoms. The van der Waals surface area contributed by atoms with Gasteiger partial charge in [-0.3, -0.25) is 9.69 Å². The number of aromatic hydroxyl groups is 1. The number of amides is 1. The number of carbonyl (C=O) groups is 1. The Kier molecular flexibility index (Phi) is 5.55. The van der Waals surface area contributed by atoms with Gasteiger partial charge in [0.1, 0.15) is 17.1 Å². The number of nitrogens with one attached hydrogen (secondary N) is 2. The highest BCUT2D eigenvalue weighted by Crippen LogP contribution is 2.26. The molecule has 1 saturated heterocycles. The highest BCUT2D eigenvalue weighted by atomic mass is 16.5. The number of imidazole rings is 1. The lowest BCUT2D eigenvalue weighted by atomic mass is 10.1. The molecule has 3 N–H and O–H groups in total. The van der Waals surface area contributed by atoms with Crippen LogP contribution in [0.25, 0.3) is 22.4 Å². The van der Waals surface area contributed by atoms with Gasteiger partial charge in [0.25, 0.3) is 5.91 Å². The van der Waals surface area contributed by atoms with Crippen molar-refractivity contribution in [2.24, 2.45) is 0 Å². The molecule has 0 saturated carbocycles. The molecule has 2 heterocycles. The van der Waals surface area contributed by atoms with Crippen molar-refractivity contribution >= 4 is 16.9 Å². The van der Waals surface area contributed by atoms with Crippen molar-refractivity contribution in [3.8, 4) is 17.1 Å². The molecular formula is C21H24N4O3. The number of ether oxygens (including phenoxy) is 1. The summed E-state index contributed by atoms with van der Waals surface area (Å²) in [5, 5.41) is 12.9. The van der Waals surface area contributed by atoms with Gasteiger partial charge in [0.05, 0.1) is 18.7 Å². The van der Waals surface area contributed by atoms with Crippen LogP contribution < -0.4 is 5.32 Å². The Labute approximate surface area is 163 Å². The van der Waals surface area contributed by atoms with E-state index in [9.17, 15) is 9.90 Å². The van der Waals surface area contributed by atoms with Crippen LogP contribution in [-0.2, 0) is 4.74 Å². The van der Waals surface area contributed by atoms with Gasteiger partial charge in [-0.25, -0.2) is 4.98 Å². The number of fused-ring (bicyclic) bond motifs is 1.